The van der Waals surface area contributed by atoms with E-state index < -0.39 is 10.7 Å². The topological polar surface area (TPSA) is 90.2 Å². The number of anilines is 1. The Balaban J connectivity index is 2.26. The number of hydrogen-bond acceptors (Lipinski definition) is 6. The van der Waals surface area contributed by atoms with Crippen molar-refractivity contribution in [2.45, 2.75) is 6.61 Å². The lowest BCUT2D eigenvalue weighted by molar-refractivity contribution is -0.385. The van der Waals surface area contributed by atoms with Crippen molar-refractivity contribution in [3.63, 3.8) is 0 Å². The number of halogens is 1. The van der Waals surface area contributed by atoms with Crippen LogP contribution in [0.25, 0.3) is 0 Å². The molecule has 0 saturated carbocycles. The first kappa shape index (κ1) is 13.7. The molecule has 0 unspecified atom stereocenters. The highest BCUT2D eigenvalue weighted by Gasteiger charge is 2.23. The molecule has 1 heterocycles. The standard InChI is InChI=1S/C12H11FN4O3/c1-14-11-10(17(18)19)12(16-7-15-11)20-6-8-4-2-3-5-9(8)13/h2-5,7H,6H2,1H3,(H,14,15,16). The predicted molar refractivity (Wildman–Crippen MR) is 69.0 cm³/mol. The van der Waals surface area contributed by atoms with Gasteiger partial charge in [-0.25, -0.2) is 9.37 Å². The molecule has 1 aromatic carbocycles. The smallest absolute Gasteiger partial charge is 0.372 e. The van der Waals surface area contributed by atoms with Crippen LogP contribution in [-0.2, 0) is 6.61 Å². The van der Waals surface area contributed by atoms with Gasteiger partial charge in [0.25, 0.3) is 5.88 Å². The summed E-state index contributed by atoms with van der Waals surface area (Å²) in [4.78, 5) is 17.8. The monoisotopic (exact) mass is 278 g/mol. The van der Waals surface area contributed by atoms with Crippen molar-refractivity contribution in [3.8, 4) is 5.88 Å². The Labute approximate surface area is 113 Å². The normalized spacial score (nSPS) is 10.1. The molecule has 8 heteroatoms. The minimum absolute atomic E-state index is 0.0357. The van der Waals surface area contributed by atoms with Crippen molar-refractivity contribution >= 4 is 11.5 Å². The predicted octanol–water partition coefficient (Wildman–Crippen LogP) is 2.14. The second kappa shape index (κ2) is 5.91. The summed E-state index contributed by atoms with van der Waals surface area (Å²) in [6.07, 6.45) is 1.13. The lowest BCUT2D eigenvalue weighted by Crippen LogP contribution is -2.06. The van der Waals surface area contributed by atoms with Gasteiger partial charge in [-0.2, -0.15) is 4.98 Å². The van der Waals surface area contributed by atoms with Gasteiger partial charge < -0.3 is 10.1 Å². The fourth-order valence-electron chi connectivity index (χ4n) is 1.58. The lowest BCUT2D eigenvalue weighted by Gasteiger charge is -2.08. The highest BCUT2D eigenvalue weighted by Crippen LogP contribution is 2.30. The van der Waals surface area contributed by atoms with Crippen molar-refractivity contribution in [2.24, 2.45) is 0 Å². The van der Waals surface area contributed by atoms with Crippen molar-refractivity contribution in [3.05, 3.63) is 52.1 Å². The van der Waals surface area contributed by atoms with Crippen LogP contribution in [0.15, 0.2) is 30.6 Å². The average Bonchev–Trinajstić information content (AvgIpc) is 2.45. The van der Waals surface area contributed by atoms with Crippen LogP contribution in [0.2, 0.25) is 0 Å². The van der Waals surface area contributed by atoms with Crippen LogP contribution in [-0.4, -0.2) is 21.9 Å². The molecule has 0 radical (unpaired) electrons. The Morgan fingerprint density at radius 3 is 2.80 bits per heavy atom. The number of hydrogen-bond donors (Lipinski definition) is 1. The van der Waals surface area contributed by atoms with E-state index in [0.717, 1.165) is 6.33 Å². The number of aromatic nitrogens is 2. The molecule has 0 aliphatic rings. The van der Waals surface area contributed by atoms with Crippen LogP contribution < -0.4 is 10.1 Å². The number of nitrogens with zero attached hydrogens (tertiary/aromatic N) is 3. The van der Waals surface area contributed by atoms with Gasteiger partial charge in [0.2, 0.25) is 5.82 Å². The molecular weight excluding hydrogens is 267 g/mol. The molecule has 20 heavy (non-hydrogen) atoms. The van der Waals surface area contributed by atoms with E-state index >= 15 is 0 Å². The van der Waals surface area contributed by atoms with E-state index in [9.17, 15) is 14.5 Å². The van der Waals surface area contributed by atoms with E-state index in [-0.39, 0.29) is 29.6 Å². The zero-order valence-electron chi connectivity index (χ0n) is 10.5. The molecule has 104 valence electrons. The molecule has 0 fully saturated rings. The van der Waals surface area contributed by atoms with Crippen molar-refractivity contribution in [2.75, 3.05) is 12.4 Å². The number of nitro groups is 1. The Bertz CT molecular complexity index is 636. The van der Waals surface area contributed by atoms with E-state index in [1.807, 2.05) is 0 Å². The summed E-state index contributed by atoms with van der Waals surface area (Å²) in [6, 6.07) is 6.01. The van der Waals surface area contributed by atoms with E-state index in [2.05, 4.69) is 15.3 Å². The number of ether oxygens (including phenoxy) is 1. The van der Waals surface area contributed by atoms with Gasteiger partial charge in [-0.15, -0.1) is 0 Å². The molecule has 0 aliphatic heterocycles. The van der Waals surface area contributed by atoms with E-state index in [1.54, 1.807) is 12.1 Å². The molecule has 0 aliphatic carbocycles. The molecule has 0 saturated heterocycles. The van der Waals surface area contributed by atoms with Gasteiger partial charge in [0, 0.05) is 12.6 Å². The van der Waals surface area contributed by atoms with Crippen molar-refractivity contribution < 1.29 is 14.1 Å². The van der Waals surface area contributed by atoms with Gasteiger partial charge in [-0.3, -0.25) is 10.1 Å². The minimum atomic E-state index is -0.650. The maximum atomic E-state index is 13.4. The quantitative estimate of drug-likeness (QED) is 0.665. The number of rotatable bonds is 5. The van der Waals surface area contributed by atoms with Crippen LogP contribution in [0.4, 0.5) is 15.9 Å². The third-order valence-electron chi connectivity index (χ3n) is 2.53. The summed E-state index contributed by atoms with van der Waals surface area (Å²) in [5, 5.41) is 13.6. The van der Waals surface area contributed by atoms with Crippen LogP contribution in [0.5, 0.6) is 5.88 Å². The Kier molecular flexibility index (Phi) is 4.04. The van der Waals surface area contributed by atoms with Gasteiger partial charge in [0.15, 0.2) is 0 Å². The first-order chi connectivity index (χ1) is 9.63. The van der Waals surface area contributed by atoms with Gasteiger partial charge in [0.05, 0.1) is 4.92 Å². The summed E-state index contributed by atoms with van der Waals surface area (Å²) in [6.45, 7) is -0.159. The Morgan fingerprint density at radius 1 is 1.40 bits per heavy atom. The number of benzene rings is 1. The molecule has 1 N–H and O–H groups in total. The van der Waals surface area contributed by atoms with Crippen molar-refractivity contribution in [1.82, 2.24) is 9.97 Å². The molecule has 0 atom stereocenters. The molecule has 0 bridgehead atoms. The highest BCUT2D eigenvalue weighted by atomic mass is 19.1. The zero-order valence-corrected chi connectivity index (χ0v) is 10.5. The second-order valence-corrected chi connectivity index (χ2v) is 3.76. The summed E-state index contributed by atoms with van der Waals surface area (Å²) in [5.74, 6) is -0.621. The van der Waals surface area contributed by atoms with Gasteiger partial charge in [-0.1, -0.05) is 18.2 Å². The third kappa shape index (κ3) is 2.79. The summed E-state index contributed by atoms with van der Waals surface area (Å²) in [7, 11) is 1.50. The van der Waals surface area contributed by atoms with E-state index in [1.165, 1.54) is 19.2 Å². The fourth-order valence-corrected chi connectivity index (χ4v) is 1.58. The van der Waals surface area contributed by atoms with Crippen LogP contribution >= 0.6 is 0 Å². The Morgan fingerprint density at radius 2 is 2.15 bits per heavy atom. The average molecular weight is 278 g/mol. The molecular formula is C12H11FN4O3. The lowest BCUT2D eigenvalue weighted by atomic mass is 10.2. The highest BCUT2D eigenvalue weighted by molar-refractivity contribution is 5.60. The van der Waals surface area contributed by atoms with Crippen LogP contribution in [0, 0.1) is 15.9 Å². The molecule has 7 nitrogen and oxygen atoms in total. The number of nitrogens with one attached hydrogen (secondary N) is 1. The molecule has 0 spiro atoms. The fraction of sp³-hybridized carbons (Fsp3) is 0.167. The summed E-state index contributed by atoms with van der Waals surface area (Å²) in [5.41, 5.74) is -0.0993. The van der Waals surface area contributed by atoms with Gasteiger partial charge in [0.1, 0.15) is 18.8 Å². The van der Waals surface area contributed by atoms with Gasteiger partial charge >= 0.3 is 5.69 Å². The first-order valence-electron chi connectivity index (χ1n) is 5.67. The summed E-state index contributed by atoms with van der Waals surface area (Å²) < 4.78 is 18.7. The zero-order chi connectivity index (χ0) is 14.5. The molecule has 2 rings (SSSR count). The van der Waals surface area contributed by atoms with E-state index in [0.29, 0.717) is 0 Å². The van der Waals surface area contributed by atoms with Crippen LogP contribution in [0.3, 0.4) is 0 Å². The van der Waals surface area contributed by atoms with Crippen LogP contribution in [0.1, 0.15) is 5.56 Å². The second-order valence-electron chi connectivity index (χ2n) is 3.76. The van der Waals surface area contributed by atoms with Crippen molar-refractivity contribution in [1.29, 1.82) is 0 Å². The molecule has 0 amide bonds. The Hall–Kier alpha value is -2.77. The first-order valence-corrected chi connectivity index (χ1v) is 5.67. The third-order valence-corrected chi connectivity index (χ3v) is 2.53. The minimum Gasteiger partial charge on any atom is -0.468 e. The maximum absolute atomic E-state index is 13.4. The maximum Gasteiger partial charge on any atom is 0.372 e. The largest absolute Gasteiger partial charge is 0.468 e. The van der Waals surface area contributed by atoms with E-state index in [4.69, 9.17) is 4.74 Å². The van der Waals surface area contributed by atoms with Gasteiger partial charge in [-0.05, 0) is 6.07 Å². The molecule has 2 aromatic rings. The summed E-state index contributed by atoms with van der Waals surface area (Å²) >= 11 is 0. The SMILES string of the molecule is CNc1ncnc(OCc2ccccc2F)c1[N+](=O)[O-]. The molecule has 1 aromatic heterocycles.